The van der Waals surface area contributed by atoms with E-state index < -0.39 is 25.0 Å². The number of nitrogens with zero attached hydrogens (tertiary/aromatic N) is 2. The zero-order chi connectivity index (χ0) is 13.8. The summed E-state index contributed by atoms with van der Waals surface area (Å²) in [5.74, 6) is -4.15. The molecular weight excluding hydrogens is 254 g/mol. The van der Waals surface area contributed by atoms with Gasteiger partial charge in [-0.15, -0.1) is 0 Å². The molecule has 8 heteroatoms. The van der Waals surface area contributed by atoms with E-state index in [0.717, 1.165) is 0 Å². The molecule has 1 heterocycles. The third-order valence-corrected chi connectivity index (χ3v) is 2.32. The van der Waals surface area contributed by atoms with Crippen molar-refractivity contribution in [1.82, 2.24) is 9.78 Å². The lowest BCUT2D eigenvalue weighted by molar-refractivity contribution is -0.166. The molecule has 0 aromatic carbocycles. The second-order valence-electron chi connectivity index (χ2n) is 3.81. The van der Waals surface area contributed by atoms with E-state index in [-0.39, 0.29) is 6.61 Å². The van der Waals surface area contributed by atoms with Gasteiger partial charge in [-0.25, -0.2) is 8.78 Å². The van der Waals surface area contributed by atoms with E-state index in [1.165, 1.54) is 6.20 Å². The summed E-state index contributed by atoms with van der Waals surface area (Å²) in [6, 6.07) is -0.668. The first-order chi connectivity index (χ1) is 8.36. The number of ether oxygens (including phenoxy) is 1. The maximum Gasteiger partial charge on any atom is 0.330 e. The topological polar surface area (TPSA) is 53.1 Å². The van der Waals surface area contributed by atoms with Gasteiger partial charge in [0.2, 0.25) is 0 Å². The van der Waals surface area contributed by atoms with Crippen LogP contribution in [0.5, 0.6) is 0 Å². The molecule has 0 spiro atoms. The maximum absolute atomic E-state index is 12.5. The maximum atomic E-state index is 12.5. The molecule has 0 saturated carbocycles. The van der Waals surface area contributed by atoms with Crippen LogP contribution in [-0.2, 0) is 11.3 Å². The Balaban J connectivity index is 2.39. The molecule has 0 aliphatic carbocycles. The van der Waals surface area contributed by atoms with Gasteiger partial charge in [-0.1, -0.05) is 0 Å². The van der Waals surface area contributed by atoms with Crippen LogP contribution in [0.25, 0.3) is 0 Å². The van der Waals surface area contributed by atoms with Gasteiger partial charge in [-0.05, 0) is 6.92 Å². The second-order valence-corrected chi connectivity index (χ2v) is 3.81. The Labute approximate surface area is 102 Å². The number of hydrogen-bond acceptors (Lipinski definition) is 3. The second kappa shape index (κ2) is 6.14. The average Bonchev–Trinajstić information content (AvgIpc) is 2.76. The van der Waals surface area contributed by atoms with Crippen LogP contribution in [-0.4, -0.2) is 35.3 Å². The van der Waals surface area contributed by atoms with E-state index in [0.29, 0.717) is 12.1 Å². The highest BCUT2D eigenvalue weighted by molar-refractivity contribution is 5.09. The quantitative estimate of drug-likeness (QED) is 0.768. The Kier molecular flexibility index (Phi) is 5.09. The molecule has 18 heavy (non-hydrogen) atoms. The van der Waals surface area contributed by atoms with Crippen molar-refractivity contribution in [3.05, 3.63) is 18.0 Å². The fraction of sp³-hybridized carbons (Fsp3) is 0.700. The lowest BCUT2D eigenvalue weighted by Crippen LogP contribution is -2.33. The van der Waals surface area contributed by atoms with Crippen molar-refractivity contribution in [3.8, 4) is 0 Å². The van der Waals surface area contributed by atoms with Crippen LogP contribution in [0.3, 0.4) is 0 Å². The summed E-state index contributed by atoms with van der Waals surface area (Å²) in [4.78, 5) is 0. The highest BCUT2D eigenvalue weighted by Gasteiger charge is 2.41. The Morgan fingerprint density at radius 3 is 2.67 bits per heavy atom. The Hall–Kier alpha value is -1.15. The molecule has 1 rings (SSSR count). The molecule has 0 fully saturated rings. The third-order valence-electron chi connectivity index (χ3n) is 2.32. The normalized spacial score (nSPS) is 14.2. The molecule has 104 valence electrons. The minimum absolute atomic E-state index is 0.266. The summed E-state index contributed by atoms with van der Waals surface area (Å²) in [5, 5.41) is 3.95. The van der Waals surface area contributed by atoms with E-state index in [4.69, 9.17) is 5.73 Å². The summed E-state index contributed by atoms with van der Waals surface area (Å²) in [6.07, 6.45) is -0.598. The van der Waals surface area contributed by atoms with Crippen LogP contribution in [0.2, 0.25) is 0 Å². The standard InChI is InChI=1S/C10H15F4N3O/c1-2-17-4-7(3-16-17)8(15)5-18-6-10(13,14)9(11)12/h3-4,8-9H,2,5-6,15H2,1H3. The van der Waals surface area contributed by atoms with E-state index in [1.54, 1.807) is 10.9 Å². The summed E-state index contributed by atoms with van der Waals surface area (Å²) < 4.78 is 54.9. The highest BCUT2D eigenvalue weighted by atomic mass is 19.3. The van der Waals surface area contributed by atoms with Gasteiger partial charge in [-0.3, -0.25) is 4.68 Å². The Bertz CT molecular complexity index is 370. The van der Waals surface area contributed by atoms with Crippen molar-refractivity contribution >= 4 is 0 Å². The van der Waals surface area contributed by atoms with Crippen LogP contribution in [0.4, 0.5) is 17.6 Å². The third kappa shape index (κ3) is 3.95. The van der Waals surface area contributed by atoms with Gasteiger partial charge < -0.3 is 10.5 Å². The molecule has 0 amide bonds. The first kappa shape index (κ1) is 14.9. The van der Waals surface area contributed by atoms with Crippen molar-refractivity contribution < 1.29 is 22.3 Å². The number of aryl methyl sites for hydroxylation is 1. The summed E-state index contributed by atoms with van der Waals surface area (Å²) in [6.45, 7) is 0.914. The summed E-state index contributed by atoms with van der Waals surface area (Å²) in [7, 11) is 0. The molecular formula is C10H15F4N3O. The van der Waals surface area contributed by atoms with Crippen molar-refractivity contribution in [2.45, 2.75) is 31.9 Å². The van der Waals surface area contributed by atoms with E-state index in [1.807, 2.05) is 6.92 Å². The predicted molar refractivity (Wildman–Crippen MR) is 56.6 cm³/mol. The molecule has 1 atom stereocenters. The van der Waals surface area contributed by atoms with Crippen LogP contribution in [0.1, 0.15) is 18.5 Å². The van der Waals surface area contributed by atoms with Crippen LogP contribution >= 0.6 is 0 Å². The van der Waals surface area contributed by atoms with Gasteiger partial charge in [0.25, 0.3) is 0 Å². The number of alkyl halides is 4. The number of rotatable bonds is 7. The molecule has 1 aromatic rings. The number of aromatic nitrogens is 2. The molecule has 0 saturated heterocycles. The van der Waals surface area contributed by atoms with Gasteiger partial charge in [0, 0.05) is 18.3 Å². The zero-order valence-electron chi connectivity index (χ0n) is 9.82. The molecule has 0 bridgehead atoms. The van der Waals surface area contributed by atoms with Crippen molar-refractivity contribution in [3.63, 3.8) is 0 Å². The number of nitrogens with two attached hydrogens (primary N) is 1. The van der Waals surface area contributed by atoms with Gasteiger partial charge >= 0.3 is 12.3 Å². The molecule has 1 aromatic heterocycles. The fourth-order valence-corrected chi connectivity index (χ4v) is 1.23. The predicted octanol–water partition coefficient (Wildman–Crippen LogP) is 1.82. The van der Waals surface area contributed by atoms with E-state index in [2.05, 4.69) is 9.84 Å². The lowest BCUT2D eigenvalue weighted by atomic mass is 10.2. The smallest absolute Gasteiger partial charge is 0.330 e. The van der Waals surface area contributed by atoms with Crippen molar-refractivity contribution in [2.24, 2.45) is 5.73 Å². The van der Waals surface area contributed by atoms with Gasteiger partial charge in [0.1, 0.15) is 6.61 Å². The molecule has 4 nitrogen and oxygen atoms in total. The highest BCUT2D eigenvalue weighted by Crippen LogP contribution is 2.23. The van der Waals surface area contributed by atoms with Crippen molar-refractivity contribution in [2.75, 3.05) is 13.2 Å². The monoisotopic (exact) mass is 269 g/mol. The van der Waals surface area contributed by atoms with E-state index >= 15 is 0 Å². The van der Waals surface area contributed by atoms with Crippen LogP contribution in [0.15, 0.2) is 12.4 Å². The number of halogens is 4. The summed E-state index contributed by atoms with van der Waals surface area (Å²) >= 11 is 0. The molecule has 0 aliphatic heterocycles. The van der Waals surface area contributed by atoms with Crippen LogP contribution < -0.4 is 5.73 Å². The molecule has 0 aliphatic rings. The molecule has 1 unspecified atom stereocenters. The number of hydrogen-bond donors (Lipinski definition) is 1. The van der Waals surface area contributed by atoms with Crippen LogP contribution in [0, 0.1) is 0 Å². The first-order valence-corrected chi connectivity index (χ1v) is 5.38. The fourth-order valence-electron chi connectivity index (χ4n) is 1.23. The zero-order valence-corrected chi connectivity index (χ0v) is 9.82. The molecule has 2 N–H and O–H groups in total. The average molecular weight is 269 g/mol. The lowest BCUT2D eigenvalue weighted by Gasteiger charge is -2.16. The van der Waals surface area contributed by atoms with Gasteiger partial charge in [0.15, 0.2) is 0 Å². The first-order valence-electron chi connectivity index (χ1n) is 5.38. The molecule has 0 radical (unpaired) electrons. The van der Waals surface area contributed by atoms with Gasteiger partial charge in [-0.2, -0.15) is 13.9 Å². The minimum Gasteiger partial charge on any atom is -0.373 e. The summed E-state index contributed by atoms with van der Waals surface area (Å²) in [5.41, 5.74) is 6.27. The van der Waals surface area contributed by atoms with Crippen molar-refractivity contribution in [1.29, 1.82) is 0 Å². The Morgan fingerprint density at radius 1 is 1.50 bits per heavy atom. The SMILES string of the molecule is CCn1cc(C(N)COCC(F)(F)C(F)F)cn1. The van der Waals surface area contributed by atoms with Gasteiger partial charge in [0.05, 0.1) is 18.8 Å². The largest absolute Gasteiger partial charge is 0.373 e. The minimum atomic E-state index is -4.15. The Morgan fingerprint density at radius 2 is 2.17 bits per heavy atom. The van der Waals surface area contributed by atoms with E-state index in [9.17, 15) is 17.6 Å².